The molecular formula is C60H40N2. The Hall–Kier alpha value is -8.20. The van der Waals surface area contributed by atoms with Crippen molar-refractivity contribution < 1.29 is 0 Å². The molecule has 11 aromatic carbocycles. The highest BCUT2D eigenvalue weighted by atomic mass is 15.1. The number of fused-ring (bicyclic) bond motifs is 7. The van der Waals surface area contributed by atoms with Gasteiger partial charge in [0.15, 0.2) is 0 Å². The lowest BCUT2D eigenvalue weighted by Crippen LogP contribution is -2.10. The Bertz CT molecular complexity index is 3650. The van der Waals surface area contributed by atoms with Gasteiger partial charge in [0.2, 0.25) is 0 Å². The van der Waals surface area contributed by atoms with E-state index < -0.39 is 0 Å². The van der Waals surface area contributed by atoms with Gasteiger partial charge in [0.05, 0.1) is 11.0 Å². The van der Waals surface area contributed by atoms with E-state index in [0.29, 0.717) is 0 Å². The molecule has 62 heavy (non-hydrogen) atoms. The van der Waals surface area contributed by atoms with Gasteiger partial charge in [-0.1, -0.05) is 182 Å². The predicted molar refractivity (Wildman–Crippen MR) is 264 cm³/mol. The second kappa shape index (κ2) is 14.8. The third-order valence-corrected chi connectivity index (χ3v) is 12.5. The van der Waals surface area contributed by atoms with Crippen molar-refractivity contribution in [1.29, 1.82) is 0 Å². The first-order chi connectivity index (χ1) is 30.7. The molecule has 0 aliphatic rings. The van der Waals surface area contributed by atoms with E-state index >= 15 is 0 Å². The number of hydrogen-bond acceptors (Lipinski definition) is 1. The van der Waals surface area contributed by atoms with E-state index in [1.807, 2.05) is 0 Å². The molecule has 0 aliphatic heterocycles. The molecule has 0 spiro atoms. The maximum atomic E-state index is 2.42. The molecule has 0 unspecified atom stereocenters. The topological polar surface area (TPSA) is 8.17 Å². The van der Waals surface area contributed by atoms with Crippen LogP contribution in [0.4, 0.5) is 17.1 Å². The molecule has 0 bridgehead atoms. The molecule has 0 amide bonds. The van der Waals surface area contributed by atoms with Crippen molar-refractivity contribution in [3.63, 3.8) is 0 Å². The number of rotatable bonds is 7. The van der Waals surface area contributed by atoms with E-state index in [4.69, 9.17) is 0 Å². The summed E-state index contributed by atoms with van der Waals surface area (Å²) in [5.41, 5.74) is 13.9. The highest BCUT2D eigenvalue weighted by molar-refractivity contribution is 6.14. The zero-order valence-corrected chi connectivity index (χ0v) is 34.0. The maximum absolute atomic E-state index is 2.42. The van der Waals surface area contributed by atoms with Crippen LogP contribution in [0.25, 0.3) is 93.2 Å². The van der Waals surface area contributed by atoms with Crippen LogP contribution in [0, 0.1) is 0 Å². The van der Waals surface area contributed by atoms with Gasteiger partial charge in [-0.15, -0.1) is 0 Å². The SMILES string of the molecule is c1ccc(-n2c3ccccc3c3cccc(-c4cccc(N(c5cccc(-c6ccc7ccccc7c6)c5)c5cccc(-c6cccc7c6ccc6ccccc67)c5)c4)c32)cc1. The molecule has 0 N–H and O–H groups in total. The first-order valence-corrected chi connectivity index (χ1v) is 21.3. The summed E-state index contributed by atoms with van der Waals surface area (Å²) in [6.07, 6.45) is 0. The van der Waals surface area contributed by atoms with Gasteiger partial charge in [0.25, 0.3) is 0 Å². The Morgan fingerprint density at radius 1 is 0.274 bits per heavy atom. The molecule has 2 heteroatoms. The molecular weight excluding hydrogens is 749 g/mol. The first kappa shape index (κ1) is 35.7. The zero-order chi connectivity index (χ0) is 41.0. The third-order valence-electron chi connectivity index (χ3n) is 12.5. The van der Waals surface area contributed by atoms with Crippen molar-refractivity contribution in [2.75, 3.05) is 4.90 Å². The summed E-state index contributed by atoms with van der Waals surface area (Å²) in [4.78, 5) is 2.42. The van der Waals surface area contributed by atoms with Crippen LogP contribution in [0.1, 0.15) is 0 Å². The number of hydrogen-bond donors (Lipinski definition) is 0. The Morgan fingerprint density at radius 2 is 0.806 bits per heavy atom. The van der Waals surface area contributed by atoms with E-state index in [0.717, 1.165) is 28.3 Å². The minimum absolute atomic E-state index is 1.08. The minimum Gasteiger partial charge on any atom is -0.310 e. The fourth-order valence-corrected chi connectivity index (χ4v) is 9.65. The number of nitrogens with zero attached hydrogens (tertiary/aromatic N) is 2. The molecule has 0 atom stereocenters. The van der Waals surface area contributed by atoms with Crippen molar-refractivity contribution in [2.24, 2.45) is 0 Å². The molecule has 1 aromatic heterocycles. The molecule has 2 nitrogen and oxygen atoms in total. The van der Waals surface area contributed by atoms with Crippen molar-refractivity contribution in [3.05, 3.63) is 243 Å². The second-order valence-electron chi connectivity index (χ2n) is 16.1. The molecule has 12 aromatic rings. The quantitative estimate of drug-likeness (QED) is 0.146. The van der Waals surface area contributed by atoms with Crippen LogP contribution in [0.15, 0.2) is 243 Å². The molecule has 0 saturated heterocycles. The fraction of sp³-hybridized carbons (Fsp3) is 0. The fourth-order valence-electron chi connectivity index (χ4n) is 9.65. The standard InChI is InChI=1S/C60H40N2/c1-2-21-48(22-3-1)62-59-32-9-8-27-57(59)58-31-14-29-54(60(58)62)47-20-12-25-51(40-47)61(49-23-10-18-44(38-49)45-34-33-41-15-4-5-17-43(41)37-45)50-24-11-19-46(39-50)53-28-13-30-55-52-26-7-6-16-42(52)35-36-56(53)55/h1-40H. The number of aromatic nitrogens is 1. The first-order valence-electron chi connectivity index (χ1n) is 21.3. The van der Waals surface area contributed by atoms with Crippen LogP contribution in [-0.2, 0) is 0 Å². The summed E-state index contributed by atoms with van der Waals surface area (Å²) in [7, 11) is 0. The Morgan fingerprint density at radius 3 is 1.58 bits per heavy atom. The van der Waals surface area contributed by atoms with Gasteiger partial charge < -0.3 is 9.47 Å². The highest BCUT2D eigenvalue weighted by Gasteiger charge is 2.20. The highest BCUT2D eigenvalue weighted by Crippen LogP contribution is 2.43. The van der Waals surface area contributed by atoms with Crippen LogP contribution in [-0.4, -0.2) is 4.57 Å². The Kier molecular flexibility index (Phi) is 8.53. The zero-order valence-electron chi connectivity index (χ0n) is 34.0. The summed E-state index contributed by atoms with van der Waals surface area (Å²) >= 11 is 0. The number of anilines is 3. The molecule has 1 heterocycles. The molecule has 12 rings (SSSR count). The van der Waals surface area contributed by atoms with Gasteiger partial charge in [0.1, 0.15) is 0 Å². The normalized spacial score (nSPS) is 11.5. The van der Waals surface area contributed by atoms with Crippen LogP contribution in [0.5, 0.6) is 0 Å². The smallest absolute Gasteiger partial charge is 0.0619 e. The van der Waals surface area contributed by atoms with Crippen LogP contribution < -0.4 is 4.90 Å². The summed E-state index contributed by atoms with van der Waals surface area (Å²) in [6.45, 7) is 0. The molecule has 0 fully saturated rings. The second-order valence-corrected chi connectivity index (χ2v) is 16.1. The molecule has 290 valence electrons. The van der Waals surface area contributed by atoms with E-state index in [-0.39, 0.29) is 0 Å². The summed E-state index contributed by atoms with van der Waals surface area (Å²) in [5.74, 6) is 0. The predicted octanol–water partition coefficient (Wildman–Crippen LogP) is 16.7. The average molecular weight is 789 g/mol. The van der Waals surface area contributed by atoms with E-state index in [2.05, 4.69) is 252 Å². The van der Waals surface area contributed by atoms with E-state index in [1.54, 1.807) is 0 Å². The lowest BCUT2D eigenvalue weighted by atomic mass is 9.94. The summed E-state index contributed by atoms with van der Waals surface area (Å²) in [6, 6.07) is 88.6. The van der Waals surface area contributed by atoms with Gasteiger partial charge >= 0.3 is 0 Å². The van der Waals surface area contributed by atoms with Gasteiger partial charge in [-0.2, -0.15) is 0 Å². The van der Waals surface area contributed by atoms with Gasteiger partial charge in [-0.3, -0.25) is 0 Å². The third kappa shape index (κ3) is 6.04. The van der Waals surface area contributed by atoms with Crippen molar-refractivity contribution in [3.8, 4) is 39.1 Å². The lowest BCUT2D eigenvalue weighted by Gasteiger charge is -2.27. The monoisotopic (exact) mass is 788 g/mol. The van der Waals surface area contributed by atoms with Crippen LogP contribution >= 0.6 is 0 Å². The number of para-hydroxylation sites is 3. The van der Waals surface area contributed by atoms with Gasteiger partial charge in [0, 0.05) is 39.1 Å². The van der Waals surface area contributed by atoms with Gasteiger partial charge in [-0.05, 0) is 121 Å². The molecule has 0 radical (unpaired) electrons. The van der Waals surface area contributed by atoms with E-state index in [9.17, 15) is 0 Å². The summed E-state index contributed by atoms with van der Waals surface area (Å²) < 4.78 is 2.42. The Labute approximate surface area is 360 Å². The van der Waals surface area contributed by atoms with Crippen molar-refractivity contribution in [2.45, 2.75) is 0 Å². The number of benzene rings is 11. The van der Waals surface area contributed by atoms with Crippen LogP contribution in [0.3, 0.4) is 0 Å². The van der Waals surface area contributed by atoms with Crippen molar-refractivity contribution >= 4 is 71.2 Å². The van der Waals surface area contributed by atoms with Gasteiger partial charge in [-0.25, -0.2) is 0 Å². The minimum atomic E-state index is 1.08. The largest absolute Gasteiger partial charge is 0.310 e. The maximum Gasteiger partial charge on any atom is 0.0619 e. The lowest BCUT2D eigenvalue weighted by molar-refractivity contribution is 1.18. The summed E-state index contributed by atoms with van der Waals surface area (Å²) in [5, 5.41) is 10.00. The van der Waals surface area contributed by atoms with Crippen molar-refractivity contribution in [1.82, 2.24) is 4.57 Å². The molecule has 0 saturated carbocycles. The van der Waals surface area contributed by atoms with Crippen LogP contribution in [0.2, 0.25) is 0 Å². The Balaban J connectivity index is 1.06. The average Bonchev–Trinajstić information content (AvgIpc) is 3.69. The van der Waals surface area contributed by atoms with E-state index in [1.165, 1.54) is 81.9 Å². The molecule has 0 aliphatic carbocycles.